The fourth-order valence-electron chi connectivity index (χ4n) is 2.71. The third-order valence-corrected chi connectivity index (χ3v) is 4.10. The number of halogens is 1. The molecule has 2 rings (SSSR count). The van der Waals surface area contributed by atoms with Crippen molar-refractivity contribution in [2.24, 2.45) is 5.92 Å². The molecular formula is C14H17ClN2O4. The Labute approximate surface area is 127 Å². The first-order valence-corrected chi connectivity index (χ1v) is 7.26. The van der Waals surface area contributed by atoms with Gasteiger partial charge in [-0.1, -0.05) is 24.4 Å². The van der Waals surface area contributed by atoms with Gasteiger partial charge in [-0.15, -0.1) is 0 Å². The molecule has 0 bridgehead atoms. The quantitative estimate of drug-likeness (QED) is 0.660. The summed E-state index contributed by atoms with van der Waals surface area (Å²) in [6.45, 7) is 0.00760. The van der Waals surface area contributed by atoms with E-state index < -0.39 is 10.8 Å². The molecule has 0 aliphatic heterocycles. The van der Waals surface area contributed by atoms with Crippen LogP contribution < -0.4 is 5.32 Å². The number of carbonyl (C=O) groups excluding carboxylic acids is 1. The summed E-state index contributed by atoms with van der Waals surface area (Å²) in [6.07, 6.45) is 3.63. The lowest BCUT2D eigenvalue weighted by molar-refractivity contribution is -0.385. The Morgan fingerprint density at radius 1 is 1.43 bits per heavy atom. The van der Waals surface area contributed by atoms with E-state index in [0.29, 0.717) is 0 Å². The van der Waals surface area contributed by atoms with Crippen LogP contribution in [-0.2, 0) is 0 Å². The van der Waals surface area contributed by atoms with Crippen LogP contribution in [0.5, 0.6) is 0 Å². The minimum absolute atomic E-state index is 0.00760. The van der Waals surface area contributed by atoms with Gasteiger partial charge in [0.25, 0.3) is 11.6 Å². The predicted molar refractivity (Wildman–Crippen MR) is 78.4 cm³/mol. The molecule has 0 heterocycles. The third-order valence-electron chi connectivity index (χ3n) is 3.86. The van der Waals surface area contributed by atoms with Gasteiger partial charge in [0, 0.05) is 29.7 Å². The lowest BCUT2D eigenvalue weighted by Gasteiger charge is -2.30. The average molecular weight is 313 g/mol. The van der Waals surface area contributed by atoms with Crippen molar-refractivity contribution in [3.63, 3.8) is 0 Å². The Morgan fingerprint density at radius 3 is 2.81 bits per heavy atom. The first kappa shape index (κ1) is 15.7. The summed E-state index contributed by atoms with van der Waals surface area (Å²) in [4.78, 5) is 22.7. The molecule has 1 aromatic carbocycles. The zero-order valence-electron chi connectivity index (χ0n) is 11.4. The highest BCUT2D eigenvalue weighted by molar-refractivity contribution is 6.31. The number of benzene rings is 1. The van der Waals surface area contributed by atoms with Crippen LogP contribution in [0.1, 0.15) is 36.0 Å². The monoisotopic (exact) mass is 312 g/mol. The zero-order chi connectivity index (χ0) is 15.4. The largest absolute Gasteiger partial charge is 0.396 e. The zero-order valence-corrected chi connectivity index (χ0v) is 12.2. The second-order valence-corrected chi connectivity index (χ2v) is 5.66. The molecule has 7 heteroatoms. The van der Waals surface area contributed by atoms with Crippen LogP contribution in [0.2, 0.25) is 5.02 Å². The summed E-state index contributed by atoms with van der Waals surface area (Å²) in [6, 6.07) is 3.83. The molecule has 0 radical (unpaired) electrons. The summed E-state index contributed by atoms with van der Waals surface area (Å²) < 4.78 is 0. The summed E-state index contributed by atoms with van der Waals surface area (Å²) in [5, 5.41) is 23.4. The van der Waals surface area contributed by atoms with E-state index in [2.05, 4.69) is 5.32 Å². The highest BCUT2D eigenvalue weighted by Crippen LogP contribution is 2.26. The third kappa shape index (κ3) is 3.71. The maximum absolute atomic E-state index is 12.3. The summed E-state index contributed by atoms with van der Waals surface area (Å²) in [5.74, 6) is -0.488. The molecule has 1 aromatic rings. The number of nitrogens with one attached hydrogen (secondary N) is 1. The van der Waals surface area contributed by atoms with Crippen LogP contribution in [0, 0.1) is 16.0 Å². The van der Waals surface area contributed by atoms with E-state index in [4.69, 9.17) is 11.6 Å². The predicted octanol–water partition coefficient (Wildman–Crippen LogP) is 2.53. The summed E-state index contributed by atoms with van der Waals surface area (Å²) >= 11 is 5.73. The van der Waals surface area contributed by atoms with Crippen molar-refractivity contribution < 1.29 is 14.8 Å². The van der Waals surface area contributed by atoms with E-state index in [9.17, 15) is 20.0 Å². The second kappa shape index (κ2) is 6.87. The molecule has 1 saturated carbocycles. The average Bonchev–Trinajstić information content (AvgIpc) is 2.47. The summed E-state index contributed by atoms with van der Waals surface area (Å²) in [7, 11) is 0. The minimum Gasteiger partial charge on any atom is -0.396 e. The van der Waals surface area contributed by atoms with Crippen LogP contribution in [0.3, 0.4) is 0 Å². The van der Waals surface area contributed by atoms with Crippen LogP contribution in [0.25, 0.3) is 0 Å². The minimum atomic E-state index is -0.620. The fourth-order valence-corrected chi connectivity index (χ4v) is 2.88. The van der Waals surface area contributed by atoms with E-state index >= 15 is 0 Å². The number of amides is 1. The van der Waals surface area contributed by atoms with E-state index in [1.807, 2.05) is 0 Å². The number of hydrogen-bond acceptors (Lipinski definition) is 4. The number of aliphatic hydroxyl groups is 1. The van der Waals surface area contributed by atoms with Crippen molar-refractivity contribution in [1.82, 2.24) is 5.32 Å². The molecule has 6 nitrogen and oxygen atoms in total. The highest BCUT2D eigenvalue weighted by Gasteiger charge is 2.28. The topological polar surface area (TPSA) is 92.5 Å². The maximum atomic E-state index is 12.3. The molecule has 1 fully saturated rings. The van der Waals surface area contributed by atoms with Gasteiger partial charge in [0.2, 0.25) is 0 Å². The number of nitrogens with zero attached hydrogens (tertiary/aromatic N) is 1. The van der Waals surface area contributed by atoms with Crippen LogP contribution in [0.15, 0.2) is 18.2 Å². The number of aliphatic hydroxyl groups excluding tert-OH is 1. The van der Waals surface area contributed by atoms with Gasteiger partial charge in [0.15, 0.2) is 0 Å². The van der Waals surface area contributed by atoms with Crippen LogP contribution in [0.4, 0.5) is 5.69 Å². The Hall–Kier alpha value is -1.66. The van der Waals surface area contributed by atoms with E-state index in [0.717, 1.165) is 25.7 Å². The van der Waals surface area contributed by atoms with E-state index in [-0.39, 0.29) is 34.8 Å². The number of carbonyl (C=O) groups is 1. The van der Waals surface area contributed by atoms with Gasteiger partial charge in [-0.3, -0.25) is 14.9 Å². The molecule has 1 amide bonds. The highest BCUT2D eigenvalue weighted by atomic mass is 35.5. The fraction of sp³-hybridized carbons (Fsp3) is 0.500. The summed E-state index contributed by atoms with van der Waals surface area (Å²) in [5.41, 5.74) is -0.317. The van der Waals surface area contributed by atoms with Gasteiger partial charge in [0.05, 0.1) is 4.92 Å². The van der Waals surface area contributed by atoms with Gasteiger partial charge >= 0.3 is 0 Å². The molecule has 0 aromatic heterocycles. The molecule has 1 aliphatic carbocycles. The molecule has 0 saturated heterocycles. The van der Waals surface area contributed by atoms with Crippen molar-refractivity contribution in [3.05, 3.63) is 38.9 Å². The molecule has 0 spiro atoms. The molecule has 2 unspecified atom stereocenters. The number of nitro groups is 1. The van der Waals surface area contributed by atoms with Crippen molar-refractivity contribution in [3.8, 4) is 0 Å². The van der Waals surface area contributed by atoms with Crippen molar-refractivity contribution >= 4 is 23.2 Å². The van der Waals surface area contributed by atoms with Gasteiger partial charge in [-0.25, -0.2) is 0 Å². The molecule has 2 atom stereocenters. The van der Waals surface area contributed by atoms with Crippen molar-refractivity contribution in [1.29, 1.82) is 0 Å². The van der Waals surface area contributed by atoms with Gasteiger partial charge in [-0.05, 0) is 25.0 Å². The normalized spacial score (nSPS) is 21.8. The Balaban J connectivity index is 2.18. The molecule has 1 aliphatic rings. The SMILES string of the molecule is O=C(NC1CCCCC1CO)c1ccc(Cl)cc1[N+](=O)[O-]. The Kier molecular flexibility index (Phi) is 5.14. The van der Waals surface area contributed by atoms with E-state index in [1.54, 1.807) is 0 Å². The smallest absolute Gasteiger partial charge is 0.283 e. The van der Waals surface area contributed by atoms with Crippen molar-refractivity contribution in [2.45, 2.75) is 31.7 Å². The molecular weight excluding hydrogens is 296 g/mol. The van der Waals surface area contributed by atoms with Gasteiger partial charge < -0.3 is 10.4 Å². The van der Waals surface area contributed by atoms with Gasteiger partial charge in [0.1, 0.15) is 5.56 Å². The number of hydrogen-bond donors (Lipinski definition) is 2. The standard InChI is InChI=1S/C14H17ClN2O4/c15-10-5-6-11(13(7-10)17(20)21)14(19)16-12-4-2-1-3-9(12)8-18/h5-7,9,12,18H,1-4,8H2,(H,16,19). The Bertz CT molecular complexity index is 550. The lowest BCUT2D eigenvalue weighted by atomic mass is 9.85. The van der Waals surface area contributed by atoms with Crippen LogP contribution in [-0.4, -0.2) is 28.6 Å². The molecule has 2 N–H and O–H groups in total. The first-order valence-electron chi connectivity index (χ1n) is 6.88. The van der Waals surface area contributed by atoms with Gasteiger partial charge in [-0.2, -0.15) is 0 Å². The van der Waals surface area contributed by atoms with Crippen LogP contribution >= 0.6 is 11.6 Å². The first-order chi connectivity index (χ1) is 10.0. The second-order valence-electron chi connectivity index (χ2n) is 5.23. The Morgan fingerprint density at radius 2 is 2.14 bits per heavy atom. The molecule has 21 heavy (non-hydrogen) atoms. The van der Waals surface area contributed by atoms with Crippen molar-refractivity contribution in [2.75, 3.05) is 6.61 Å². The molecule has 114 valence electrons. The number of nitro benzene ring substituents is 1. The maximum Gasteiger partial charge on any atom is 0.283 e. The lowest BCUT2D eigenvalue weighted by Crippen LogP contribution is -2.43. The number of rotatable bonds is 4. The van der Waals surface area contributed by atoms with E-state index in [1.165, 1.54) is 18.2 Å².